The molecule has 0 saturated carbocycles. The first-order valence-corrected chi connectivity index (χ1v) is 4.76. The molecular weight excluding hydrogens is 280 g/mol. The number of para-hydroxylation sites is 1. The minimum Gasteiger partial charge on any atom is -0.355 e. The number of aromatic nitrogens is 3. The Balaban J connectivity index is 2.77. The summed E-state index contributed by atoms with van der Waals surface area (Å²) in [5.41, 5.74) is -5.91. The molecule has 1 N–H and O–H groups in total. The highest BCUT2D eigenvalue weighted by molar-refractivity contribution is 5.74. The van der Waals surface area contributed by atoms with E-state index in [0.29, 0.717) is 0 Å². The maximum Gasteiger partial charge on any atom is 0.448 e. The molecule has 0 atom stereocenters. The SMILES string of the molecule is OC(n1nnc2ccccc21)(C(F)(F)F)C(F)(F)F. The van der Waals surface area contributed by atoms with Crippen LogP contribution in [-0.2, 0) is 5.72 Å². The van der Waals surface area contributed by atoms with Gasteiger partial charge < -0.3 is 5.11 Å². The summed E-state index contributed by atoms with van der Waals surface area (Å²) < 4.78 is 75.2. The van der Waals surface area contributed by atoms with Gasteiger partial charge in [0.1, 0.15) is 5.52 Å². The molecule has 1 heterocycles. The van der Waals surface area contributed by atoms with E-state index in [-0.39, 0.29) is 5.52 Å². The highest BCUT2D eigenvalue weighted by Crippen LogP contribution is 2.47. The molecule has 10 heteroatoms. The molecule has 0 amide bonds. The Morgan fingerprint density at radius 1 is 0.947 bits per heavy atom. The van der Waals surface area contributed by atoms with Crippen LogP contribution in [0.2, 0.25) is 0 Å². The molecule has 0 radical (unpaired) electrons. The van der Waals surface area contributed by atoms with E-state index in [2.05, 4.69) is 10.3 Å². The van der Waals surface area contributed by atoms with Crippen LogP contribution in [0.4, 0.5) is 26.3 Å². The normalized spacial score (nSPS) is 14.1. The number of nitrogens with zero attached hydrogens (tertiary/aromatic N) is 3. The van der Waals surface area contributed by atoms with Crippen LogP contribution < -0.4 is 0 Å². The number of aliphatic hydroxyl groups is 1. The van der Waals surface area contributed by atoms with Crippen molar-refractivity contribution in [3.8, 4) is 0 Å². The van der Waals surface area contributed by atoms with E-state index >= 15 is 0 Å². The molecule has 0 fully saturated rings. The molecule has 2 rings (SSSR count). The number of hydrogen-bond acceptors (Lipinski definition) is 3. The largest absolute Gasteiger partial charge is 0.448 e. The van der Waals surface area contributed by atoms with E-state index in [1.54, 1.807) is 0 Å². The van der Waals surface area contributed by atoms with Crippen LogP contribution in [0.25, 0.3) is 11.0 Å². The first-order valence-electron chi connectivity index (χ1n) is 4.76. The number of rotatable bonds is 1. The second-order valence-corrected chi connectivity index (χ2v) is 3.66. The second-order valence-electron chi connectivity index (χ2n) is 3.66. The van der Waals surface area contributed by atoms with Gasteiger partial charge in [-0.3, -0.25) is 0 Å². The lowest BCUT2D eigenvalue weighted by molar-refractivity contribution is -0.408. The minimum atomic E-state index is -6.00. The van der Waals surface area contributed by atoms with Crippen LogP contribution in [0.3, 0.4) is 0 Å². The van der Waals surface area contributed by atoms with Gasteiger partial charge in [-0.05, 0) is 12.1 Å². The summed E-state index contributed by atoms with van der Waals surface area (Å²) in [5.74, 6) is 0. The maximum absolute atomic E-state index is 12.6. The molecule has 0 aliphatic rings. The average molecular weight is 285 g/mol. The van der Waals surface area contributed by atoms with Gasteiger partial charge in [0.2, 0.25) is 0 Å². The van der Waals surface area contributed by atoms with Crippen LogP contribution in [0.1, 0.15) is 0 Å². The van der Waals surface area contributed by atoms with E-state index in [0.717, 1.165) is 6.07 Å². The summed E-state index contributed by atoms with van der Waals surface area (Å²) in [6, 6.07) is 4.68. The van der Waals surface area contributed by atoms with E-state index in [1.807, 2.05) is 0 Å². The molecule has 1 aromatic carbocycles. The van der Waals surface area contributed by atoms with Crippen molar-refractivity contribution in [2.24, 2.45) is 0 Å². The lowest BCUT2D eigenvalue weighted by Crippen LogP contribution is -2.58. The third-order valence-corrected chi connectivity index (χ3v) is 2.45. The zero-order chi connectivity index (χ0) is 14.5. The Bertz CT molecular complexity index is 588. The number of fused-ring (bicyclic) bond motifs is 1. The summed E-state index contributed by atoms with van der Waals surface area (Å²) in [6.45, 7) is 0. The van der Waals surface area contributed by atoms with E-state index < -0.39 is 28.3 Å². The number of hydrogen-bond donors (Lipinski definition) is 1. The summed E-state index contributed by atoms with van der Waals surface area (Å²) in [5, 5.41) is 15.1. The van der Waals surface area contributed by atoms with Crippen LogP contribution in [-0.4, -0.2) is 32.5 Å². The van der Waals surface area contributed by atoms with Gasteiger partial charge in [-0.2, -0.15) is 31.0 Å². The molecule has 0 aliphatic carbocycles. The maximum atomic E-state index is 12.6. The lowest BCUT2D eigenvalue weighted by Gasteiger charge is -2.31. The summed E-state index contributed by atoms with van der Waals surface area (Å²) >= 11 is 0. The van der Waals surface area contributed by atoms with E-state index in [9.17, 15) is 26.3 Å². The standard InChI is InChI=1S/C9H5F6N3O/c10-8(11,12)7(19,9(13,14)15)18-6-4-2-1-3-5(6)16-17-18/h1-4,19H. The smallest absolute Gasteiger partial charge is 0.355 e. The highest BCUT2D eigenvalue weighted by atomic mass is 19.4. The molecule has 1 aromatic heterocycles. The Morgan fingerprint density at radius 2 is 1.47 bits per heavy atom. The predicted molar refractivity (Wildman–Crippen MR) is 49.8 cm³/mol. The third-order valence-electron chi connectivity index (χ3n) is 2.45. The van der Waals surface area contributed by atoms with Gasteiger partial charge in [0.25, 0.3) is 0 Å². The topological polar surface area (TPSA) is 50.9 Å². The van der Waals surface area contributed by atoms with Crippen molar-refractivity contribution >= 4 is 11.0 Å². The molecule has 0 bridgehead atoms. The Morgan fingerprint density at radius 3 is 2.00 bits per heavy atom. The van der Waals surface area contributed by atoms with Crippen molar-refractivity contribution in [1.29, 1.82) is 0 Å². The third kappa shape index (κ3) is 1.82. The van der Waals surface area contributed by atoms with Crippen LogP contribution in [0.15, 0.2) is 24.3 Å². The van der Waals surface area contributed by atoms with Gasteiger partial charge >= 0.3 is 18.1 Å². The zero-order valence-electron chi connectivity index (χ0n) is 8.87. The molecule has 0 aliphatic heterocycles. The Hall–Kier alpha value is -1.84. The summed E-state index contributed by atoms with van der Waals surface area (Å²) in [4.78, 5) is 0. The fourth-order valence-corrected chi connectivity index (χ4v) is 1.51. The first kappa shape index (κ1) is 13.6. The number of benzene rings is 1. The van der Waals surface area contributed by atoms with Crippen molar-refractivity contribution in [3.63, 3.8) is 0 Å². The number of alkyl halides is 6. The van der Waals surface area contributed by atoms with Crippen molar-refractivity contribution < 1.29 is 31.4 Å². The van der Waals surface area contributed by atoms with Gasteiger partial charge in [0.05, 0.1) is 5.52 Å². The quantitative estimate of drug-likeness (QED) is 0.817. The molecule has 104 valence electrons. The molecule has 0 spiro atoms. The highest BCUT2D eigenvalue weighted by Gasteiger charge is 2.73. The minimum absolute atomic E-state index is 0.200. The van der Waals surface area contributed by atoms with E-state index in [1.165, 1.54) is 18.2 Å². The average Bonchev–Trinajstić information content (AvgIpc) is 2.68. The van der Waals surface area contributed by atoms with Gasteiger partial charge in [0, 0.05) is 0 Å². The van der Waals surface area contributed by atoms with Gasteiger partial charge in [-0.1, -0.05) is 17.3 Å². The predicted octanol–water partition coefficient (Wildman–Crippen LogP) is 2.20. The van der Waals surface area contributed by atoms with Crippen molar-refractivity contribution in [1.82, 2.24) is 15.0 Å². The Labute approximate surface area is 101 Å². The van der Waals surface area contributed by atoms with Crippen LogP contribution in [0.5, 0.6) is 0 Å². The van der Waals surface area contributed by atoms with Gasteiger partial charge in [0.15, 0.2) is 0 Å². The molecule has 19 heavy (non-hydrogen) atoms. The molecule has 0 unspecified atom stereocenters. The number of halogens is 6. The zero-order valence-corrected chi connectivity index (χ0v) is 8.87. The fourth-order valence-electron chi connectivity index (χ4n) is 1.51. The Kier molecular flexibility index (Phi) is 2.74. The molecule has 2 aromatic rings. The molecule has 4 nitrogen and oxygen atoms in total. The fraction of sp³-hybridized carbons (Fsp3) is 0.333. The van der Waals surface area contributed by atoms with Crippen molar-refractivity contribution in [2.75, 3.05) is 0 Å². The van der Waals surface area contributed by atoms with Gasteiger partial charge in [-0.15, -0.1) is 5.10 Å². The van der Waals surface area contributed by atoms with Crippen LogP contribution >= 0.6 is 0 Å². The lowest BCUT2D eigenvalue weighted by atomic mass is 10.2. The second kappa shape index (κ2) is 3.83. The van der Waals surface area contributed by atoms with Gasteiger partial charge in [-0.25, -0.2) is 0 Å². The summed E-state index contributed by atoms with van der Waals surface area (Å²) in [7, 11) is 0. The van der Waals surface area contributed by atoms with Crippen LogP contribution in [0, 0.1) is 0 Å². The van der Waals surface area contributed by atoms with Crippen molar-refractivity contribution in [3.05, 3.63) is 24.3 Å². The first-order chi connectivity index (χ1) is 8.59. The molecule has 0 saturated heterocycles. The monoisotopic (exact) mass is 285 g/mol. The molecular formula is C9H5F6N3O. The van der Waals surface area contributed by atoms with E-state index in [4.69, 9.17) is 5.11 Å². The summed E-state index contributed by atoms with van der Waals surface area (Å²) in [6.07, 6.45) is -12.0. The van der Waals surface area contributed by atoms with Crippen molar-refractivity contribution in [2.45, 2.75) is 18.1 Å².